The van der Waals surface area contributed by atoms with Gasteiger partial charge in [-0.3, -0.25) is 0 Å². The number of rotatable bonds is 5. The number of aliphatic hydroxyl groups excluding tert-OH is 1. The summed E-state index contributed by atoms with van der Waals surface area (Å²) in [6.07, 6.45) is 16.8. The summed E-state index contributed by atoms with van der Waals surface area (Å²) in [5.74, 6) is 5.16. The van der Waals surface area contributed by atoms with Gasteiger partial charge in [0.2, 0.25) is 0 Å². The van der Waals surface area contributed by atoms with Gasteiger partial charge in [-0.05, 0) is 117 Å². The Morgan fingerprint density at radius 3 is 2.42 bits per heavy atom. The molecule has 176 valence electrons. The van der Waals surface area contributed by atoms with Crippen molar-refractivity contribution >= 4 is 0 Å². The third-order valence-corrected chi connectivity index (χ3v) is 11.3. The lowest BCUT2D eigenvalue weighted by atomic mass is 9.46. The smallest absolute Gasteiger partial charge is 0.0568 e. The molecule has 9 unspecified atom stereocenters. The molecule has 0 radical (unpaired) electrons. The van der Waals surface area contributed by atoms with E-state index in [-0.39, 0.29) is 6.10 Å². The summed E-state index contributed by atoms with van der Waals surface area (Å²) in [5, 5.41) is 10.5. The molecule has 1 nitrogen and oxygen atoms in total. The standard InChI is InChI=1S/C30H50O/c1-8-22(19(2)3)10-9-20(4)24-13-14-26-23-11-12-25-21(5)28(31)16-18-30(25,7)27(23)15-17-29(24,26)6/h8,11,19-21,24-28,31H,9-10,12-18H2,1-7H3/b22-8-. The van der Waals surface area contributed by atoms with E-state index in [2.05, 4.69) is 60.6 Å². The van der Waals surface area contributed by atoms with E-state index in [1.54, 1.807) is 5.57 Å². The number of hydrogen-bond acceptors (Lipinski definition) is 1. The lowest BCUT2D eigenvalue weighted by Crippen LogP contribution is -2.52. The summed E-state index contributed by atoms with van der Waals surface area (Å²) in [4.78, 5) is 0. The minimum absolute atomic E-state index is 0.0773. The van der Waals surface area contributed by atoms with Crippen molar-refractivity contribution < 1.29 is 5.11 Å². The summed E-state index contributed by atoms with van der Waals surface area (Å²) in [7, 11) is 0. The van der Waals surface area contributed by atoms with Gasteiger partial charge in [-0.1, -0.05) is 64.8 Å². The van der Waals surface area contributed by atoms with E-state index < -0.39 is 0 Å². The monoisotopic (exact) mass is 426 g/mol. The SMILES string of the molecule is C/C=C(/CCC(C)C1CCC2C3=CCC4C(C)C(O)CCC4(C)C3CCC21C)C(C)C. The molecule has 1 heteroatoms. The first-order chi connectivity index (χ1) is 14.6. The normalized spacial score (nSPS) is 46.2. The molecular formula is C30H50O. The number of fused-ring (bicyclic) bond motifs is 5. The third-order valence-electron chi connectivity index (χ3n) is 11.3. The first-order valence-corrected chi connectivity index (χ1v) is 13.7. The zero-order valence-electron chi connectivity index (χ0n) is 21.6. The Morgan fingerprint density at radius 1 is 1.06 bits per heavy atom. The Labute approximate surface area is 193 Å². The lowest BCUT2D eigenvalue weighted by Gasteiger charge is -2.59. The molecule has 3 fully saturated rings. The molecule has 4 aliphatic carbocycles. The first-order valence-electron chi connectivity index (χ1n) is 13.7. The van der Waals surface area contributed by atoms with Crippen molar-refractivity contribution in [3.8, 4) is 0 Å². The van der Waals surface area contributed by atoms with Crippen molar-refractivity contribution in [2.24, 2.45) is 52.3 Å². The van der Waals surface area contributed by atoms with Gasteiger partial charge in [0.05, 0.1) is 6.10 Å². The van der Waals surface area contributed by atoms with E-state index in [4.69, 9.17) is 0 Å². The lowest BCUT2D eigenvalue weighted by molar-refractivity contribution is -0.0773. The highest BCUT2D eigenvalue weighted by molar-refractivity contribution is 5.28. The molecule has 9 atom stereocenters. The molecule has 0 aromatic carbocycles. The fraction of sp³-hybridized carbons (Fsp3) is 0.867. The van der Waals surface area contributed by atoms with Crippen LogP contribution in [0, 0.1) is 52.3 Å². The van der Waals surface area contributed by atoms with Gasteiger partial charge in [-0.15, -0.1) is 0 Å². The van der Waals surface area contributed by atoms with E-state index in [0.29, 0.717) is 28.6 Å². The van der Waals surface area contributed by atoms with Gasteiger partial charge >= 0.3 is 0 Å². The predicted octanol–water partition coefficient (Wildman–Crippen LogP) is 8.19. The fourth-order valence-electron chi connectivity index (χ4n) is 9.28. The molecule has 0 aromatic rings. The van der Waals surface area contributed by atoms with E-state index in [1.807, 2.05) is 5.57 Å². The van der Waals surface area contributed by atoms with Gasteiger partial charge in [-0.25, -0.2) is 0 Å². The maximum atomic E-state index is 10.5. The van der Waals surface area contributed by atoms with Crippen LogP contribution >= 0.6 is 0 Å². The van der Waals surface area contributed by atoms with Crippen molar-refractivity contribution in [2.45, 2.75) is 112 Å². The molecule has 4 rings (SSSR count). The molecule has 1 N–H and O–H groups in total. The van der Waals surface area contributed by atoms with Crippen LogP contribution in [-0.4, -0.2) is 11.2 Å². The molecule has 0 aromatic heterocycles. The van der Waals surface area contributed by atoms with Crippen LogP contribution < -0.4 is 0 Å². The van der Waals surface area contributed by atoms with Crippen LogP contribution in [0.2, 0.25) is 0 Å². The predicted molar refractivity (Wildman–Crippen MR) is 133 cm³/mol. The Balaban J connectivity index is 1.51. The van der Waals surface area contributed by atoms with Crippen LogP contribution in [0.15, 0.2) is 23.3 Å². The number of hydrogen-bond donors (Lipinski definition) is 1. The number of allylic oxidation sites excluding steroid dienone is 4. The summed E-state index contributed by atoms with van der Waals surface area (Å²) in [6, 6.07) is 0. The molecule has 31 heavy (non-hydrogen) atoms. The van der Waals surface area contributed by atoms with Gasteiger partial charge < -0.3 is 5.11 Å². The van der Waals surface area contributed by atoms with Crippen molar-refractivity contribution in [3.63, 3.8) is 0 Å². The van der Waals surface area contributed by atoms with Crippen LogP contribution in [0.5, 0.6) is 0 Å². The van der Waals surface area contributed by atoms with Crippen LogP contribution in [0.4, 0.5) is 0 Å². The Bertz CT molecular complexity index is 716. The van der Waals surface area contributed by atoms with E-state index >= 15 is 0 Å². The van der Waals surface area contributed by atoms with E-state index in [1.165, 1.54) is 51.4 Å². The van der Waals surface area contributed by atoms with E-state index in [0.717, 1.165) is 30.1 Å². The summed E-state index contributed by atoms with van der Waals surface area (Å²) < 4.78 is 0. The largest absolute Gasteiger partial charge is 0.393 e. The summed E-state index contributed by atoms with van der Waals surface area (Å²) >= 11 is 0. The van der Waals surface area contributed by atoms with Crippen molar-refractivity contribution in [1.29, 1.82) is 0 Å². The molecule has 3 saturated carbocycles. The fourth-order valence-corrected chi connectivity index (χ4v) is 9.28. The highest BCUT2D eigenvalue weighted by atomic mass is 16.3. The zero-order valence-corrected chi connectivity index (χ0v) is 21.6. The van der Waals surface area contributed by atoms with Crippen LogP contribution in [-0.2, 0) is 0 Å². The van der Waals surface area contributed by atoms with Gasteiger partial charge in [-0.2, -0.15) is 0 Å². The van der Waals surface area contributed by atoms with Crippen LogP contribution in [0.3, 0.4) is 0 Å². The molecule has 4 aliphatic rings. The Kier molecular flexibility index (Phi) is 6.59. The maximum absolute atomic E-state index is 10.5. The molecule has 0 aliphatic heterocycles. The minimum Gasteiger partial charge on any atom is -0.393 e. The minimum atomic E-state index is -0.0773. The number of aliphatic hydroxyl groups is 1. The topological polar surface area (TPSA) is 20.2 Å². The second-order valence-corrected chi connectivity index (χ2v) is 12.9. The quantitative estimate of drug-likeness (QED) is 0.439. The second-order valence-electron chi connectivity index (χ2n) is 12.9. The average Bonchev–Trinajstić information content (AvgIpc) is 3.08. The van der Waals surface area contributed by atoms with Crippen molar-refractivity contribution in [1.82, 2.24) is 0 Å². The highest BCUT2D eigenvalue weighted by Gasteiger charge is 2.59. The Hall–Kier alpha value is -0.560. The second kappa shape index (κ2) is 8.66. The zero-order chi connectivity index (χ0) is 22.6. The molecule has 0 heterocycles. The maximum Gasteiger partial charge on any atom is 0.0568 e. The molecule has 0 bridgehead atoms. The van der Waals surface area contributed by atoms with Gasteiger partial charge in [0, 0.05) is 0 Å². The first kappa shape index (κ1) is 23.6. The van der Waals surface area contributed by atoms with Crippen molar-refractivity contribution in [2.75, 3.05) is 0 Å². The summed E-state index contributed by atoms with van der Waals surface area (Å²) in [5.41, 5.74) is 4.45. The third kappa shape index (κ3) is 3.79. The molecular weight excluding hydrogens is 376 g/mol. The highest BCUT2D eigenvalue weighted by Crippen LogP contribution is 2.67. The van der Waals surface area contributed by atoms with Gasteiger partial charge in [0.25, 0.3) is 0 Å². The van der Waals surface area contributed by atoms with Crippen LogP contribution in [0.25, 0.3) is 0 Å². The molecule has 0 spiro atoms. The summed E-state index contributed by atoms with van der Waals surface area (Å²) in [6.45, 7) is 17.1. The van der Waals surface area contributed by atoms with E-state index in [9.17, 15) is 5.11 Å². The van der Waals surface area contributed by atoms with Gasteiger partial charge in [0.15, 0.2) is 0 Å². The van der Waals surface area contributed by atoms with Crippen molar-refractivity contribution in [3.05, 3.63) is 23.3 Å². The van der Waals surface area contributed by atoms with Gasteiger partial charge in [0.1, 0.15) is 0 Å². The van der Waals surface area contributed by atoms with Crippen LogP contribution in [0.1, 0.15) is 106 Å². The molecule has 0 saturated heterocycles. The molecule has 0 amide bonds. The average molecular weight is 427 g/mol. The Morgan fingerprint density at radius 2 is 1.74 bits per heavy atom.